The molecule has 0 spiro atoms. The number of hydrogen-bond acceptors (Lipinski definition) is 2. The topological polar surface area (TPSA) is 15.3 Å². The maximum absolute atomic E-state index is 10.4. The summed E-state index contributed by atoms with van der Waals surface area (Å²) in [6.45, 7) is 3.31. The normalized spacial score (nSPS) is 17.8. The first-order valence-corrected chi connectivity index (χ1v) is 18.8. The van der Waals surface area contributed by atoms with Gasteiger partial charge in [0.1, 0.15) is 0 Å². The third-order valence-corrected chi connectivity index (χ3v) is 11.3. The van der Waals surface area contributed by atoms with Crippen LogP contribution in [0.4, 0.5) is 34.1 Å². The van der Waals surface area contributed by atoms with Gasteiger partial charge in [-0.25, -0.2) is 0 Å². The van der Waals surface area contributed by atoms with Crippen molar-refractivity contribution in [1.29, 1.82) is 0 Å². The number of hydrogen-bond donors (Lipinski definition) is 0. The number of anilines is 6. The summed E-state index contributed by atoms with van der Waals surface area (Å²) >= 11 is 0. The average Bonchev–Trinajstić information content (AvgIpc) is 1.49. The van der Waals surface area contributed by atoms with E-state index in [0.29, 0.717) is 11.1 Å². The molecule has 0 fully saturated rings. The lowest BCUT2D eigenvalue weighted by molar-refractivity contribution is 1.26. The molecule has 4 nitrogen and oxygen atoms in total. The van der Waals surface area contributed by atoms with Crippen LogP contribution in [0, 0.1) is 13.8 Å². The van der Waals surface area contributed by atoms with Crippen molar-refractivity contribution in [3.05, 3.63) is 205 Å². The molecule has 4 aromatic heterocycles. The number of aryl methyl sites for hydroxylation is 2. The van der Waals surface area contributed by atoms with Crippen LogP contribution >= 0.6 is 0 Å². The van der Waals surface area contributed by atoms with Crippen molar-refractivity contribution in [3.63, 3.8) is 0 Å². The Kier molecular flexibility index (Phi) is 3.62. The lowest BCUT2D eigenvalue weighted by atomic mass is 10.0. The number of rotatable bonds is 6. The number of aromatic nitrogens is 2. The van der Waals surface area contributed by atoms with Crippen LogP contribution < -0.4 is 9.80 Å². The first-order chi connectivity index (χ1) is 39.6. The molecule has 0 aliphatic carbocycles. The smallest absolute Gasteiger partial charge is 0.0653 e. The van der Waals surface area contributed by atoms with E-state index in [2.05, 4.69) is 0 Å². The quantitative estimate of drug-likeness (QED) is 0.167. The van der Waals surface area contributed by atoms with Crippen LogP contribution in [0.5, 0.6) is 0 Å². The van der Waals surface area contributed by atoms with Crippen molar-refractivity contribution < 1.29 is 32.9 Å². The van der Waals surface area contributed by atoms with Crippen LogP contribution in [-0.2, 0) is 0 Å². The second-order valence-electron chi connectivity index (χ2n) is 14.4. The molecule has 9 aromatic carbocycles. The Labute approximate surface area is 380 Å². The van der Waals surface area contributed by atoms with Crippen LogP contribution in [0.25, 0.3) is 76.2 Å². The van der Waals surface area contributed by atoms with Gasteiger partial charge in [0.05, 0.1) is 77.4 Å². The molecular weight excluding hydrogens is 729 g/mol. The Morgan fingerprint density at radius 2 is 0.767 bits per heavy atom. The summed E-state index contributed by atoms with van der Waals surface area (Å²) in [7, 11) is 0. The van der Waals surface area contributed by atoms with Crippen molar-refractivity contribution in [3.8, 4) is 0 Å². The van der Waals surface area contributed by atoms with Crippen molar-refractivity contribution in [2.24, 2.45) is 0 Å². The molecule has 4 heterocycles. The Hall–Kier alpha value is -7.82. The summed E-state index contributed by atoms with van der Waals surface area (Å²) < 4.78 is 227. The number of para-hydroxylation sites is 6. The Morgan fingerprint density at radius 1 is 0.367 bits per heavy atom. The molecule has 13 aromatic rings. The molecule has 282 valence electrons. The first-order valence-electron chi connectivity index (χ1n) is 30.8. The zero-order chi connectivity index (χ0) is 60.5. The lowest BCUT2D eigenvalue weighted by Crippen LogP contribution is -2.11. The van der Waals surface area contributed by atoms with E-state index in [0.717, 1.165) is 0 Å². The van der Waals surface area contributed by atoms with Crippen LogP contribution in [0.3, 0.4) is 0 Å². The van der Waals surface area contributed by atoms with E-state index in [1.54, 1.807) is 62.4 Å². The van der Waals surface area contributed by atoms with Crippen molar-refractivity contribution >= 4 is 110 Å². The first kappa shape index (κ1) is 17.6. The molecule has 4 heteroatoms. The van der Waals surface area contributed by atoms with E-state index in [1.165, 1.54) is 18.6 Å². The largest absolute Gasteiger partial charge is 0.310 e. The fourth-order valence-electron chi connectivity index (χ4n) is 8.78. The summed E-state index contributed by atoms with van der Waals surface area (Å²) in [6.07, 6.45) is 0. The summed E-state index contributed by atoms with van der Waals surface area (Å²) in [5, 5.41) is -1.97. The van der Waals surface area contributed by atoms with Gasteiger partial charge in [-0.05, 0) is 97.5 Å². The van der Waals surface area contributed by atoms with E-state index >= 15 is 0 Å². The molecule has 0 amide bonds. The molecule has 0 saturated carbocycles. The number of nitrogens with zero attached hydrogens (tertiary/aromatic N) is 4. The van der Waals surface area contributed by atoms with Gasteiger partial charge in [0.2, 0.25) is 0 Å². The second-order valence-corrected chi connectivity index (χ2v) is 14.4. The minimum atomic E-state index is -0.774. The third-order valence-electron chi connectivity index (χ3n) is 11.3. The minimum absolute atomic E-state index is 0.148. The van der Waals surface area contributed by atoms with Gasteiger partial charge >= 0.3 is 0 Å². The van der Waals surface area contributed by atoms with Gasteiger partial charge in [0.25, 0.3) is 0 Å². The second kappa shape index (κ2) is 12.3. The zero-order valence-corrected chi connectivity index (χ0v) is 31.4. The molecule has 0 bridgehead atoms. The highest BCUT2D eigenvalue weighted by atomic mass is 15.2. The van der Waals surface area contributed by atoms with Gasteiger partial charge in [0, 0.05) is 65.8 Å². The summed E-state index contributed by atoms with van der Waals surface area (Å²) in [4.78, 5) is 2.35. The fraction of sp³-hybridized carbons (Fsp3) is 0.0357. The van der Waals surface area contributed by atoms with Gasteiger partial charge in [0.15, 0.2) is 0 Å². The minimum Gasteiger partial charge on any atom is -0.310 e. The highest BCUT2D eigenvalue weighted by Crippen LogP contribution is 2.50. The zero-order valence-electron chi connectivity index (χ0n) is 55.4. The van der Waals surface area contributed by atoms with Gasteiger partial charge in [-0.3, -0.25) is 0 Å². The van der Waals surface area contributed by atoms with E-state index in [9.17, 15) is 24.7 Å². The molecule has 0 atom stereocenters. The summed E-state index contributed by atoms with van der Waals surface area (Å²) in [5.74, 6) is 0. The molecule has 13 rings (SSSR count). The van der Waals surface area contributed by atoms with Crippen LogP contribution in [0.15, 0.2) is 194 Å². The molecule has 0 unspecified atom stereocenters. The van der Waals surface area contributed by atoms with Gasteiger partial charge < -0.3 is 18.6 Å². The maximum Gasteiger partial charge on any atom is 0.0653 e. The molecular formula is C56H38N4. The van der Waals surface area contributed by atoms with E-state index in [-0.39, 0.29) is 98.9 Å². The van der Waals surface area contributed by atoms with Crippen LogP contribution in [0.2, 0.25) is 0 Å². The lowest BCUT2D eigenvalue weighted by Gasteiger charge is -2.28. The van der Waals surface area contributed by atoms with E-state index in [4.69, 9.17) is 8.22 Å². The molecule has 0 saturated heterocycles. The number of benzene rings is 9. The Balaban J connectivity index is 1.28. The predicted molar refractivity (Wildman–Crippen MR) is 255 cm³/mol. The summed E-state index contributed by atoms with van der Waals surface area (Å²) in [6, 6.07) is -3.99. The van der Waals surface area contributed by atoms with Gasteiger partial charge in [-0.15, -0.1) is 0 Å². The molecule has 0 N–H and O–H groups in total. The van der Waals surface area contributed by atoms with Crippen molar-refractivity contribution in [2.75, 3.05) is 9.80 Å². The third kappa shape index (κ3) is 4.39. The predicted octanol–water partition coefficient (Wildman–Crippen LogP) is 15.5. The molecule has 0 radical (unpaired) electrons. The van der Waals surface area contributed by atoms with Gasteiger partial charge in [-0.1, -0.05) is 121 Å². The number of fused-ring (bicyclic) bond motifs is 12. The monoisotopic (exact) mass is 790 g/mol. The van der Waals surface area contributed by atoms with Crippen molar-refractivity contribution in [1.82, 2.24) is 8.80 Å². The van der Waals surface area contributed by atoms with Crippen LogP contribution in [-0.4, -0.2) is 8.80 Å². The van der Waals surface area contributed by atoms with E-state index in [1.807, 2.05) is 0 Å². The van der Waals surface area contributed by atoms with E-state index < -0.39 is 156 Å². The molecule has 60 heavy (non-hydrogen) atoms. The maximum atomic E-state index is 10.4. The average molecular weight is 791 g/mol. The highest BCUT2D eigenvalue weighted by molar-refractivity contribution is 6.31. The Morgan fingerprint density at radius 3 is 1.20 bits per heavy atom. The summed E-state index contributed by atoms with van der Waals surface area (Å²) in [5.41, 5.74) is -2.01. The fourth-order valence-corrected chi connectivity index (χ4v) is 8.78. The van der Waals surface area contributed by atoms with Gasteiger partial charge in [-0.2, -0.15) is 0 Å². The highest BCUT2D eigenvalue weighted by Gasteiger charge is 2.27. The van der Waals surface area contributed by atoms with Crippen molar-refractivity contribution in [2.45, 2.75) is 13.8 Å². The Bertz CT molecular complexity index is 4860. The standard InChI is InChI=1S/C56H38N4/c1-35-17-9-11-27-45(35)57(37-19-5-3-6-20-37)47-29-15-31-49-53(47)41-25-13-23-39-43-34-52-44(33-51(43)59(49)55(39)41)40-24-14-26-42-54-48(30-16-32-50(54)60(52)56(40)42)58(38-21-7-4-8-22-38)46-28-12-10-18-36(46)2/h3-34H,1-2H3/i3D,4D,5D,6D,7D,8D,13D,14D,15D,16D,19D,20D,21D,22D,23D,24D,25D,26D,29D,30D,31D,32D,33D,34D. The SMILES string of the molecule is [2H]c1c([2H])c([2H])c(N(c2ccccc2C)c2c([2H])c([2H])c([2H])c3c2c2c([2H])c([2H])c([2H])c4c5c([2H])c6c(c([2H])c5n3c24)c2c([2H])c([2H])c([2H])c3c4c(N(c5ccccc5C)c5c([2H])c([2H])c([2H])c([2H])c5[2H])c([2H])c([2H])c([2H])c4n6c32)c([2H])c1[2H]. The molecule has 0 aliphatic rings. The van der Waals surface area contributed by atoms with Crippen LogP contribution in [0.1, 0.15) is 44.0 Å². The molecule has 0 aliphatic heterocycles.